The lowest BCUT2D eigenvalue weighted by molar-refractivity contribution is -0.385. The van der Waals surface area contributed by atoms with Crippen molar-refractivity contribution in [2.24, 2.45) is 5.10 Å². The summed E-state index contributed by atoms with van der Waals surface area (Å²) in [6.45, 7) is 3.84. The predicted octanol–water partition coefficient (Wildman–Crippen LogP) is 2.63. The number of nitro benzene ring substituents is 1. The van der Waals surface area contributed by atoms with Crippen LogP contribution in [0.4, 0.5) is 5.69 Å². The first-order chi connectivity index (χ1) is 14.0. The van der Waals surface area contributed by atoms with Crippen molar-refractivity contribution in [2.45, 2.75) is 13.8 Å². The molecule has 10 nitrogen and oxygen atoms in total. The van der Waals surface area contributed by atoms with Gasteiger partial charge in [-0.2, -0.15) is 5.10 Å². The molecular weight excluding hydrogens is 382 g/mol. The third-order valence-corrected chi connectivity index (χ3v) is 3.50. The smallest absolute Gasteiger partial charge is 0.277 e. The minimum Gasteiger partial charge on any atom is -0.504 e. The summed E-state index contributed by atoms with van der Waals surface area (Å²) in [5, 5.41) is 24.9. The maximum absolute atomic E-state index is 11.9. The van der Waals surface area contributed by atoms with Gasteiger partial charge < -0.3 is 19.3 Å². The number of benzene rings is 2. The van der Waals surface area contributed by atoms with Gasteiger partial charge in [0.2, 0.25) is 0 Å². The van der Waals surface area contributed by atoms with E-state index in [1.807, 2.05) is 6.92 Å². The molecule has 0 radical (unpaired) electrons. The number of phenols is 1. The van der Waals surface area contributed by atoms with Crippen LogP contribution in [0.5, 0.6) is 23.0 Å². The van der Waals surface area contributed by atoms with Crippen LogP contribution in [0, 0.1) is 10.1 Å². The summed E-state index contributed by atoms with van der Waals surface area (Å²) in [6.07, 6.45) is 1.08. The second-order valence-electron chi connectivity index (χ2n) is 5.53. The zero-order chi connectivity index (χ0) is 21.2. The summed E-state index contributed by atoms with van der Waals surface area (Å²) >= 11 is 0. The molecule has 0 aliphatic rings. The number of hydrazone groups is 1. The molecule has 10 heteroatoms. The zero-order valence-corrected chi connectivity index (χ0v) is 16.0. The van der Waals surface area contributed by atoms with E-state index >= 15 is 0 Å². The van der Waals surface area contributed by atoms with Gasteiger partial charge in [0.25, 0.3) is 11.6 Å². The molecule has 0 spiro atoms. The van der Waals surface area contributed by atoms with E-state index in [0.717, 1.165) is 18.3 Å². The number of nitrogens with zero attached hydrogens (tertiary/aromatic N) is 2. The number of non-ortho nitro benzene ring substituents is 1. The van der Waals surface area contributed by atoms with Crippen LogP contribution in [0.2, 0.25) is 0 Å². The third kappa shape index (κ3) is 6.09. The second kappa shape index (κ2) is 10.5. The molecule has 2 aromatic rings. The van der Waals surface area contributed by atoms with Crippen LogP contribution >= 0.6 is 0 Å². The summed E-state index contributed by atoms with van der Waals surface area (Å²) < 4.78 is 16.0. The van der Waals surface area contributed by atoms with Crippen molar-refractivity contribution in [3.05, 3.63) is 52.1 Å². The molecule has 0 bridgehead atoms. The first-order valence-corrected chi connectivity index (χ1v) is 8.77. The van der Waals surface area contributed by atoms with Crippen LogP contribution in [-0.2, 0) is 4.79 Å². The van der Waals surface area contributed by atoms with Gasteiger partial charge in [0.15, 0.2) is 29.6 Å². The van der Waals surface area contributed by atoms with Gasteiger partial charge >= 0.3 is 0 Å². The van der Waals surface area contributed by atoms with Gasteiger partial charge in [0.05, 0.1) is 30.4 Å². The Morgan fingerprint density at radius 2 is 1.76 bits per heavy atom. The number of carbonyl (C=O) groups excluding carboxylic acids is 1. The van der Waals surface area contributed by atoms with Crippen LogP contribution in [0.1, 0.15) is 19.4 Å². The number of carbonyl (C=O) groups is 1. The Labute approximate surface area is 166 Å². The van der Waals surface area contributed by atoms with Gasteiger partial charge in [-0.1, -0.05) is 12.1 Å². The van der Waals surface area contributed by atoms with Crippen molar-refractivity contribution in [1.29, 1.82) is 0 Å². The lowest BCUT2D eigenvalue weighted by Crippen LogP contribution is -2.24. The highest BCUT2D eigenvalue weighted by atomic mass is 16.6. The van der Waals surface area contributed by atoms with Gasteiger partial charge in [-0.05, 0) is 26.0 Å². The van der Waals surface area contributed by atoms with Crippen molar-refractivity contribution in [2.75, 3.05) is 19.8 Å². The average Bonchev–Trinajstić information content (AvgIpc) is 2.70. The topological polar surface area (TPSA) is 133 Å². The quantitative estimate of drug-likeness (QED) is 0.354. The molecule has 2 aromatic carbocycles. The molecule has 154 valence electrons. The first-order valence-electron chi connectivity index (χ1n) is 8.77. The van der Waals surface area contributed by atoms with E-state index in [2.05, 4.69) is 10.5 Å². The number of nitrogens with one attached hydrogen (secondary N) is 1. The van der Waals surface area contributed by atoms with E-state index in [1.54, 1.807) is 31.2 Å². The molecule has 0 atom stereocenters. The molecule has 0 saturated heterocycles. The average molecular weight is 403 g/mol. The Morgan fingerprint density at radius 1 is 1.14 bits per heavy atom. The summed E-state index contributed by atoms with van der Waals surface area (Å²) in [6, 6.07) is 9.13. The highest BCUT2D eigenvalue weighted by Crippen LogP contribution is 2.33. The van der Waals surface area contributed by atoms with Gasteiger partial charge in [-0.3, -0.25) is 14.9 Å². The number of hydrogen-bond donors (Lipinski definition) is 2. The summed E-state index contributed by atoms with van der Waals surface area (Å²) in [5.41, 5.74) is 1.96. The Bertz CT molecular complexity index is 899. The van der Waals surface area contributed by atoms with E-state index in [0.29, 0.717) is 18.1 Å². The number of rotatable bonds is 10. The molecule has 0 aliphatic heterocycles. The predicted molar refractivity (Wildman–Crippen MR) is 105 cm³/mol. The molecule has 0 fully saturated rings. The number of ether oxygens (including phenoxy) is 3. The molecule has 0 saturated carbocycles. The van der Waals surface area contributed by atoms with Crippen LogP contribution in [0.15, 0.2) is 41.5 Å². The third-order valence-electron chi connectivity index (χ3n) is 3.50. The fourth-order valence-electron chi connectivity index (χ4n) is 2.28. The molecule has 1 amide bonds. The minimum absolute atomic E-state index is 0.0190. The van der Waals surface area contributed by atoms with E-state index in [-0.39, 0.29) is 36.0 Å². The summed E-state index contributed by atoms with van der Waals surface area (Å²) in [7, 11) is 0. The van der Waals surface area contributed by atoms with Gasteiger partial charge in [0, 0.05) is 11.6 Å². The number of aromatic hydroxyl groups is 1. The van der Waals surface area contributed by atoms with Gasteiger partial charge in [0.1, 0.15) is 0 Å². The fraction of sp³-hybridized carbons (Fsp3) is 0.263. The van der Waals surface area contributed by atoms with Crippen molar-refractivity contribution in [3.63, 3.8) is 0 Å². The van der Waals surface area contributed by atoms with Crippen LogP contribution < -0.4 is 19.6 Å². The second-order valence-corrected chi connectivity index (χ2v) is 5.53. The Kier molecular flexibility index (Phi) is 7.78. The van der Waals surface area contributed by atoms with E-state index in [4.69, 9.17) is 14.2 Å². The Balaban J connectivity index is 2.02. The normalized spacial score (nSPS) is 10.6. The van der Waals surface area contributed by atoms with Gasteiger partial charge in [-0.25, -0.2) is 5.43 Å². The van der Waals surface area contributed by atoms with Crippen molar-refractivity contribution in [1.82, 2.24) is 5.43 Å². The van der Waals surface area contributed by atoms with Crippen LogP contribution in [-0.4, -0.2) is 42.0 Å². The zero-order valence-electron chi connectivity index (χ0n) is 16.0. The van der Waals surface area contributed by atoms with E-state index in [1.165, 1.54) is 0 Å². The van der Waals surface area contributed by atoms with Gasteiger partial charge in [-0.15, -0.1) is 0 Å². The Hall–Kier alpha value is -3.82. The summed E-state index contributed by atoms with van der Waals surface area (Å²) in [5.74, 6) is -0.0207. The molecule has 29 heavy (non-hydrogen) atoms. The molecule has 0 unspecified atom stereocenters. The molecule has 0 aromatic heterocycles. The molecule has 0 heterocycles. The van der Waals surface area contributed by atoms with Crippen molar-refractivity contribution < 1.29 is 29.0 Å². The number of para-hydroxylation sites is 2. The molecule has 2 rings (SSSR count). The van der Waals surface area contributed by atoms with Crippen LogP contribution in [0.3, 0.4) is 0 Å². The van der Waals surface area contributed by atoms with E-state index in [9.17, 15) is 20.0 Å². The maximum Gasteiger partial charge on any atom is 0.277 e. The Morgan fingerprint density at radius 3 is 2.38 bits per heavy atom. The number of hydrogen-bond acceptors (Lipinski definition) is 8. The molecular formula is C19H21N3O7. The largest absolute Gasteiger partial charge is 0.504 e. The standard InChI is InChI=1S/C19H21N3O7/c1-3-27-15-7-5-6-8-16(15)29-12-18(23)21-20-11-13-9-14(22(25)26)10-17(19(13)24)28-4-2/h5-11,24H,3-4,12H2,1-2H3,(H,21,23)/b20-11-. The van der Waals surface area contributed by atoms with Crippen LogP contribution in [0.25, 0.3) is 0 Å². The highest BCUT2D eigenvalue weighted by molar-refractivity contribution is 5.87. The van der Waals surface area contributed by atoms with Crippen molar-refractivity contribution >= 4 is 17.8 Å². The van der Waals surface area contributed by atoms with Crippen molar-refractivity contribution in [3.8, 4) is 23.0 Å². The summed E-state index contributed by atoms with van der Waals surface area (Å²) in [4.78, 5) is 22.3. The first kappa shape index (κ1) is 21.5. The minimum atomic E-state index is -0.623. The SMILES string of the molecule is CCOc1ccccc1OCC(=O)N/N=C\c1cc([N+](=O)[O-])cc(OCC)c1O. The maximum atomic E-state index is 11.9. The van der Waals surface area contributed by atoms with E-state index < -0.39 is 10.8 Å². The number of amides is 1. The number of nitro groups is 1. The fourth-order valence-corrected chi connectivity index (χ4v) is 2.28. The monoisotopic (exact) mass is 403 g/mol. The highest BCUT2D eigenvalue weighted by Gasteiger charge is 2.16. The lowest BCUT2D eigenvalue weighted by Gasteiger charge is -2.10. The molecule has 0 aliphatic carbocycles. The lowest BCUT2D eigenvalue weighted by atomic mass is 10.1. The number of phenolic OH excluding ortho intramolecular Hbond substituents is 1. The molecule has 2 N–H and O–H groups in total.